The van der Waals surface area contributed by atoms with Crippen molar-refractivity contribution in [2.24, 2.45) is 0 Å². The fourth-order valence-corrected chi connectivity index (χ4v) is 3.18. The van der Waals surface area contributed by atoms with Crippen LogP contribution in [-0.4, -0.2) is 65.4 Å². The van der Waals surface area contributed by atoms with E-state index in [2.05, 4.69) is 53.3 Å². The molecule has 10 nitrogen and oxygen atoms in total. The Morgan fingerprint density at radius 1 is 1.10 bits per heavy atom. The Morgan fingerprint density at radius 3 is 2.67 bits per heavy atom. The molecule has 0 saturated carbocycles. The van der Waals surface area contributed by atoms with E-state index in [1.165, 1.54) is 5.69 Å². The van der Waals surface area contributed by atoms with Gasteiger partial charge in [-0.15, -0.1) is 0 Å². The Kier molecular flexibility index (Phi) is 6.16. The summed E-state index contributed by atoms with van der Waals surface area (Å²) in [6, 6.07) is 11.2. The Labute approximate surface area is 173 Å². The molecule has 0 radical (unpaired) electrons. The minimum absolute atomic E-state index is 0.128. The fraction of sp³-hybridized carbons (Fsp3) is 0.300. The molecule has 1 aromatic carbocycles. The van der Waals surface area contributed by atoms with E-state index in [4.69, 9.17) is 5.11 Å². The summed E-state index contributed by atoms with van der Waals surface area (Å²) in [5, 5.41) is 21.2. The number of piperazine rings is 1. The number of aliphatic hydroxyl groups excluding tert-OH is 1. The number of carbonyl (C=O) groups is 1. The zero-order valence-electron chi connectivity index (χ0n) is 16.4. The molecule has 1 fully saturated rings. The number of nitrogens with one attached hydrogen (secondary N) is 4. The van der Waals surface area contributed by atoms with Gasteiger partial charge < -0.3 is 26.0 Å². The van der Waals surface area contributed by atoms with Crippen molar-refractivity contribution in [1.82, 2.24) is 25.6 Å². The van der Waals surface area contributed by atoms with Crippen molar-refractivity contribution in [3.8, 4) is 0 Å². The quantitative estimate of drug-likeness (QED) is 0.413. The molecule has 1 aliphatic rings. The zero-order chi connectivity index (χ0) is 20.8. The van der Waals surface area contributed by atoms with Gasteiger partial charge in [-0.1, -0.05) is 0 Å². The van der Waals surface area contributed by atoms with E-state index in [1.54, 1.807) is 18.3 Å². The van der Waals surface area contributed by atoms with Crippen LogP contribution >= 0.6 is 0 Å². The van der Waals surface area contributed by atoms with E-state index < -0.39 is 6.03 Å². The van der Waals surface area contributed by atoms with Gasteiger partial charge in [0.15, 0.2) is 5.65 Å². The number of pyridine rings is 1. The molecule has 0 bridgehead atoms. The van der Waals surface area contributed by atoms with E-state index >= 15 is 0 Å². The first-order valence-corrected chi connectivity index (χ1v) is 9.83. The molecule has 0 spiro atoms. The molecular weight excluding hydrogens is 384 g/mol. The number of hydrogen-bond acceptors (Lipinski definition) is 8. The number of urea groups is 1. The molecule has 1 saturated heterocycles. The third-order valence-electron chi connectivity index (χ3n) is 4.69. The van der Waals surface area contributed by atoms with Crippen LogP contribution in [0.25, 0.3) is 11.0 Å². The van der Waals surface area contributed by atoms with Crippen LogP contribution < -0.4 is 26.2 Å². The maximum absolute atomic E-state index is 11.7. The molecule has 30 heavy (non-hydrogen) atoms. The highest BCUT2D eigenvalue weighted by atomic mass is 16.3. The topological polar surface area (TPSA) is 127 Å². The second-order valence-corrected chi connectivity index (χ2v) is 6.82. The number of anilines is 4. The van der Waals surface area contributed by atoms with Gasteiger partial charge in [0.2, 0.25) is 5.95 Å². The van der Waals surface area contributed by atoms with Gasteiger partial charge in [-0.25, -0.2) is 14.8 Å². The number of benzene rings is 1. The van der Waals surface area contributed by atoms with E-state index in [0.29, 0.717) is 17.4 Å². The third-order valence-corrected chi connectivity index (χ3v) is 4.69. The highest BCUT2D eigenvalue weighted by Crippen LogP contribution is 2.21. The van der Waals surface area contributed by atoms with Crippen molar-refractivity contribution in [2.45, 2.75) is 0 Å². The van der Waals surface area contributed by atoms with Crippen LogP contribution in [0.2, 0.25) is 0 Å². The average molecular weight is 408 g/mol. The van der Waals surface area contributed by atoms with Crippen molar-refractivity contribution in [3.05, 3.63) is 42.6 Å². The largest absolute Gasteiger partial charge is 0.395 e. The van der Waals surface area contributed by atoms with Crippen LogP contribution in [0.3, 0.4) is 0 Å². The molecule has 3 heterocycles. The molecule has 4 rings (SSSR count). The maximum Gasteiger partial charge on any atom is 0.320 e. The molecule has 0 atom stereocenters. The molecule has 2 aromatic heterocycles. The maximum atomic E-state index is 11.7. The molecule has 156 valence electrons. The standard InChI is InChI=1S/C20H24N8O2/c29-12-9-22-20(30)26-17-6-1-14-13-23-19(27-18(14)25-17)24-15-2-4-16(5-3-15)28-10-7-21-8-11-28/h1-6,13,21,29H,7-12H2,(H3,22,23,24,25,26,27,30). The number of hydrogen-bond donors (Lipinski definition) is 5. The van der Waals surface area contributed by atoms with E-state index in [1.807, 2.05) is 12.1 Å². The average Bonchev–Trinajstić information content (AvgIpc) is 2.78. The number of amides is 2. The number of nitrogens with zero attached hydrogens (tertiary/aromatic N) is 4. The smallest absolute Gasteiger partial charge is 0.320 e. The summed E-state index contributed by atoms with van der Waals surface area (Å²) in [6.45, 7) is 4.04. The van der Waals surface area contributed by atoms with Gasteiger partial charge >= 0.3 is 6.03 Å². The van der Waals surface area contributed by atoms with Crippen molar-refractivity contribution >= 4 is 40.2 Å². The SMILES string of the molecule is O=C(NCCO)Nc1ccc2cnc(Nc3ccc(N4CCNCC4)cc3)nc2n1. The van der Waals surface area contributed by atoms with Gasteiger partial charge in [0.1, 0.15) is 5.82 Å². The molecule has 0 unspecified atom stereocenters. The van der Waals surface area contributed by atoms with E-state index in [-0.39, 0.29) is 13.2 Å². The number of carbonyl (C=O) groups excluding carboxylic acids is 1. The Bertz CT molecular complexity index is 1010. The first-order chi connectivity index (χ1) is 14.7. The van der Waals surface area contributed by atoms with Crippen molar-refractivity contribution in [3.63, 3.8) is 0 Å². The third kappa shape index (κ3) is 4.91. The molecular formula is C20H24N8O2. The number of aromatic nitrogens is 3. The van der Waals surface area contributed by atoms with Gasteiger partial charge in [-0.3, -0.25) is 5.32 Å². The summed E-state index contributed by atoms with van der Waals surface area (Å²) in [4.78, 5) is 27.2. The predicted molar refractivity (Wildman–Crippen MR) is 116 cm³/mol. The van der Waals surface area contributed by atoms with Gasteiger partial charge in [-0.2, -0.15) is 4.98 Å². The summed E-state index contributed by atoms with van der Waals surface area (Å²) < 4.78 is 0. The normalized spacial score (nSPS) is 13.8. The number of fused-ring (bicyclic) bond motifs is 1. The lowest BCUT2D eigenvalue weighted by atomic mass is 10.2. The van der Waals surface area contributed by atoms with Crippen LogP contribution in [0.15, 0.2) is 42.6 Å². The van der Waals surface area contributed by atoms with Crippen LogP contribution in [-0.2, 0) is 0 Å². The highest BCUT2D eigenvalue weighted by molar-refractivity contribution is 5.89. The number of aliphatic hydroxyl groups is 1. The summed E-state index contributed by atoms with van der Waals surface area (Å²) in [5.41, 5.74) is 2.54. The van der Waals surface area contributed by atoms with Crippen LogP contribution in [0, 0.1) is 0 Å². The zero-order valence-corrected chi connectivity index (χ0v) is 16.4. The molecule has 1 aliphatic heterocycles. The minimum atomic E-state index is -0.437. The Morgan fingerprint density at radius 2 is 1.90 bits per heavy atom. The lowest BCUT2D eigenvalue weighted by molar-refractivity contribution is 0.244. The molecule has 5 N–H and O–H groups in total. The molecule has 10 heteroatoms. The molecule has 3 aromatic rings. The predicted octanol–water partition coefficient (Wildman–Crippen LogP) is 1.29. The van der Waals surface area contributed by atoms with Gasteiger partial charge in [0, 0.05) is 55.7 Å². The van der Waals surface area contributed by atoms with Crippen molar-refractivity contribution < 1.29 is 9.90 Å². The van der Waals surface area contributed by atoms with E-state index in [9.17, 15) is 4.79 Å². The van der Waals surface area contributed by atoms with Crippen LogP contribution in [0.5, 0.6) is 0 Å². The minimum Gasteiger partial charge on any atom is -0.395 e. The fourth-order valence-electron chi connectivity index (χ4n) is 3.18. The summed E-state index contributed by atoms with van der Waals surface area (Å²) in [5.74, 6) is 0.787. The van der Waals surface area contributed by atoms with Gasteiger partial charge in [-0.05, 0) is 36.4 Å². The number of rotatable bonds is 6. The lowest BCUT2D eigenvalue weighted by Gasteiger charge is -2.29. The van der Waals surface area contributed by atoms with Crippen LogP contribution in [0.1, 0.15) is 0 Å². The first kappa shape index (κ1) is 19.8. The monoisotopic (exact) mass is 408 g/mol. The lowest BCUT2D eigenvalue weighted by Crippen LogP contribution is -2.43. The summed E-state index contributed by atoms with van der Waals surface area (Å²) in [7, 11) is 0. The van der Waals surface area contributed by atoms with Crippen molar-refractivity contribution in [1.29, 1.82) is 0 Å². The summed E-state index contributed by atoms with van der Waals surface area (Å²) in [6.07, 6.45) is 1.68. The van der Waals surface area contributed by atoms with Gasteiger partial charge in [0.05, 0.1) is 6.61 Å². The Hall–Kier alpha value is -3.50. The first-order valence-electron chi connectivity index (χ1n) is 9.83. The highest BCUT2D eigenvalue weighted by Gasteiger charge is 2.10. The van der Waals surface area contributed by atoms with Gasteiger partial charge in [0.25, 0.3) is 0 Å². The van der Waals surface area contributed by atoms with Crippen molar-refractivity contribution in [2.75, 3.05) is 54.9 Å². The molecule has 0 aliphatic carbocycles. The second kappa shape index (κ2) is 9.33. The molecule has 2 amide bonds. The summed E-state index contributed by atoms with van der Waals surface area (Å²) >= 11 is 0. The Balaban J connectivity index is 1.45. The van der Waals surface area contributed by atoms with Crippen LogP contribution in [0.4, 0.5) is 27.9 Å². The second-order valence-electron chi connectivity index (χ2n) is 6.82. The van der Waals surface area contributed by atoms with E-state index in [0.717, 1.165) is 37.3 Å².